The van der Waals surface area contributed by atoms with E-state index >= 15 is 0 Å². The van der Waals surface area contributed by atoms with Crippen molar-refractivity contribution in [3.63, 3.8) is 0 Å². The second-order valence-corrected chi connectivity index (χ2v) is 7.92. The van der Waals surface area contributed by atoms with Gasteiger partial charge in [0.15, 0.2) is 17.4 Å². The first-order valence-electron chi connectivity index (χ1n) is 10.0. The molecule has 26 heavy (non-hydrogen) atoms. The summed E-state index contributed by atoms with van der Waals surface area (Å²) in [6, 6.07) is 2.77. The summed E-state index contributed by atoms with van der Waals surface area (Å²) >= 11 is 0. The Balaban J connectivity index is 1.48. The minimum Gasteiger partial charge on any atom is -0.487 e. The highest BCUT2D eigenvalue weighted by molar-refractivity contribution is 5.31. The Kier molecular flexibility index (Phi) is 6.66. The van der Waals surface area contributed by atoms with Crippen molar-refractivity contribution in [1.82, 2.24) is 0 Å². The third kappa shape index (κ3) is 4.83. The molecule has 1 atom stereocenters. The van der Waals surface area contributed by atoms with Crippen LogP contribution in [0.25, 0.3) is 0 Å². The van der Waals surface area contributed by atoms with Crippen molar-refractivity contribution in [1.29, 1.82) is 0 Å². The molecular weight excluding hydrogens is 337 g/mol. The van der Waals surface area contributed by atoms with Crippen molar-refractivity contribution < 1.29 is 17.9 Å². The summed E-state index contributed by atoms with van der Waals surface area (Å²) in [5.74, 6) is 0.194. The quantitative estimate of drug-likeness (QED) is 0.541. The highest BCUT2D eigenvalue weighted by atomic mass is 19.1. The summed E-state index contributed by atoms with van der Waals surface area (Å²) in [5, 5.41) is 0. The van der Waals surface area contributed by atoms with Gasteiger partial charge in [-0.25, -0.2) is 13.2 Å². The van der Waals surface area contributed by atoms with E-state index in [2.05, 4.69) is 0 Å². The van der Waals surface area contributed by atoms with Crippen LogP contribution in [0.1, 0.15) is 63.9 Å². The standard InChI is InChI=1S/C22H29F3O/c1-2-3-16-12-20(24)22(21(25)13-16)26-14-15-4-6-17(7-5-15)18-8-10-19(23)11-9-18/h10,12-13,15,17-18H,2-9,11,14H2,1H3. The monoisotopic (exact) mass is 366 g/mol. The van der Waals surface area contributed by atoms with Crippen molar-refractivity contribution in [2.75, 3.05) is 6.61 Å². The fraction of sp³-hybridized carbons (Fsp3) is 0.636. The van der Waals surface area contributed by atoms with Crippen LogP contribution in [0.2, 0.25) is 0 Å². The predicted octanol–water partition coefficient (Wildman–Crippen LogP) is 6.76. The van der Waals surface area contributed by atoms with Crippen LogP contribution in [0.15, 0.2) is 24.0 Å². The molecule has 2 aliphatic rings. The van der Waals surface area contributed by atoms with Gasteiger partial charge in [0.2, 0.25) is 0 Å². The van der Waals surface area contributed by atoms with Gasteiger partial charge in [0, 0.05) is 0 Å². The van der Waals surface area contributed by atoms with Gasteiger partial charge in [-0.05, 0) is 86.8 Å². The van der Waals surface area contributed by atoms with Crippen LogP contribution in [0.3, 0.4) is 0 Å². The Bertz CT molecular complexity index is 609. The van der Waals surface area contributed by atoms with E-state index in [0.717, 1.165) is 44.9 Å². The lowest BCUT2D eigenvalue weighted by atomic mass is 9.72. The lowest BCUT2D eigenvalue weighted by Gasteiger charge is -2.34. The third-order valence-corrected chi connectivity index (χ3v) is 6.01. The number of rotatable bonds is 6. The Morgan fingerprint density at radius 2 is 1.65 bits per heavy atom. The summed E-state index contributed by atoms with van der Waals surface area (Å²) in [6.45, 7) is 2.35. The zero-order valence-electron chi connectivity index (χ0n) is 15.6. The maximum Gasteiger partial charge on any atom is 0.190 e. The molecule has 1 aromatic carbocycles. The summed E-state index contributed by atoms with van der Waals surface area (Å²) in [5.41, 5.74) is 0.674. The van der Waals surface area contributed by atoms with Crippen molar-refractivity contribution >= 4 is 0 Å². The zero-order valence-corrected chi connectivity index (χ0v) is 15.6. The lowest BCUT2D eigenvalue weighted by molar-refractivity contribution is 0.142. The van der Waals surface area contributed by atoms with E-state index in [0.29, 0.717) is 42.8 Å². The number of benzene rings is 1. The first kappa shape index (κ1) is 19.3. The normalized spacial score (nSPS) is 26.5. The highest BCUT2D eigenvalue weighted by Crippen LogP contribution is 2.40. The summed E-state index contributed by atoms with van der Waals surface area (Å²) < 4.78 is 46.9. The van der Waals surface area contributed by atoms with Gasteiger partial charge in [-0.2, -0.15) is 0 Å². The first-order chi connectivity index (χ1) is 12.6. The van der Waals surface area contributed by atoms with Crippen LogP contribution in [-0.2, 0) is 6.42 Å². The molecule has 1 fully saturated rings. The van der Waals surface area contributed by atoms with Crippen molar-refractivity contribution in [2.24, 2.45) is 17.8 Å². The molecule has 0 aromatic heterocycles. The maximum absolute atomic E-state index is 14.1. The highest BCUT2D eigenvalue weighted by Gasteiger charge is 2.29. The molecule has 144 valence electrons. The second-order valence-electron chi connectivity index (χ2n) is 7.92. The average molecular weight is 366 g/mol. The fourth-order valence-corrected chi connectivity index (χ4v) is 4.46. The summed E-state index contributed by atoms with van der Waals surface area (Å²) in [4.78, 5) is 0. The molecule has 0 spiro atoms. The van der Waals surface area contributed by atoms with Crippen LogP contribution < -0.4 is 4.74 Å². The van der Waals surface area contributed by atoms with Gasteiger partial charge in [-0.3, -0.25) is 0 Å². The number of ether oxygens (including phenoxy) is 1. The molecular formula is C22H29F3O. The van der Waals surface area contributed by atoms with Crippen molar-refractivity contribution in [3.8, 4) is 5.75 Å². The van der Waals surface area contributed by atoms with Crippen LogP contribution in [0.5, 0.6) is 5.75 Å². The molecule has 2 aliphatic carbocycles. The largest absolute Gasteiger partial charge is 0.487 e. The van der Waals surface area contributed by atoms with Gasteiger partial charge in [0.1, 0.15) is 0 Å². The average Bonchev–Trinajstić information content (AvgIpc) is 2.62. The molecule has 1 aromatic rings. The van der Waals surface area contributed by atoms with Gasteiger partial charge in [0.05, 0.1) is 12.4 Å². The Hall–Kier alpha value is -1.45. The molecule has 1 unspecified atom stereocenters. The molecule has 3 rings (SSSR count). The molecule has 0 bridgehead atoms. The SMILES string of the molecule is CCCc1cc(F)c(OCC2CCC(C3CC=C(F)CC3)CC2)c(F)c1. The molecule has 0 aliphatic heterocycles. The summed E-state index contributed by atoms with van der Waals surface area (Å²) in [7, 11) is 0. The first-order valence-corrected chi connectivity index (χ1v) is 10.0. The fourth-order valence-electron chi connectivity index (χ4n) is 4.46. The molecule has 4 heteroatoms. The topological polar surface area (TPSA) is 9.23 Å². The van der Waals surface area contributed by atoms with Gasteiger partial charge in [-0.15, -0.1) is 0 Å². The Labute approximate surface area is 154 Å². The van der Waals surface area contributed by atoms with Crippen molar-refractivity contribution in [2.45, 2.75) is 64.7 Å². The molecule has 0 radical (unpaired) electrons. The van der Waals surface area contributed by atoms with Gasteiger partial charge in [-0.1, -0.05) is 19.4 Å². The Morgan fingerprint density at radius 1 is 0.962 bits per heavy atom. The van der Waals surface area contributed by atoms with E-state index in [1.165, 1.54) is 12.1 Å². The van der Waals surface area contributed by atoms with E-state index in [4.69, 9.17) is 4.74 Å². The predicted molar refractivity (Wildman–Crippen MR) is 97.8 cm³/mol. The summed E-state index contributed by atoms with van der Waals surface area (Å²) in [6.07, 6.45) is 9.91. The van der Waals surface area contributed by atoms with Crippen LogP contribution in [0, 0.1) is 29.4 Å². The van der Waals surface area contributed by atoms with E-state index < -0.39 is 11.6 Å². The van der Waals surface area contributed by atoms with Crippen molar-refractivity contribution in [3.05, 3.63) is 41.2 Å². The molecule has 0 amide bonds. The van der Waals surface area contributed by atoms with Gasteiger partial charge in [0.25, 0.3) is 0 Å². The minimum atomic E-state index is -0.599. The van der Waals surface area contributed by atoms with Crippen LogP contribution in [-0.4, -0.2) is 6.61 Å². The smallest absolute Gasteiger partial charge is 0.190 e. The van der Waals surface area contributed by atoms with Gasteiger partial charge < -0.3 is 4.74 Å². The molecule has 0 saturated heterocycles. The van der Waals surface area contributed by atoms with E-state index in [-0.39, 0.29) is 11.6 Å². The minimum absolute atomic E-state index is 0.0392. The number of halogens is 3. The number of hydrogen-bond donors (Lipinski definition) is 0. The maximum atomic E-state index is 14.1. The lowest BCUT2D eigenvalue weighted by Crippen LogP contribution is -2.25. The number of aryl methyl sites for hydroxylation is 1. The zero-order chi connectivity index (χ0) is 18.5. The van der Waals surface area contributed by atoms with E-state index in [9.17, 15) is 13.2 Å². The second kappa shape index (κ2) is 8.96. The Morgan fingerprint density at radius 3 is 2.23 bits per heavy atom. The van der Waals surface area contributed by atoms with E-state index in [1.54, 1.807) is 6.08 Å². The molecule has 1 saturated carbocycles. The molecule has 1 nitrogen and oxygen atoms in total. The third-order valence-electron chi connectivity index (χ3n) is 6.01. The van der Waals surface area contributed by atoms with Crippen LogP contribution >= 0.6 is 0 Å². The number of allylic oxidation sites excluding steroid dienone is 2. The molecule has 0 heterocycles. The van der Waals surface area contributed by atoms with E-state index in [1.807, 2.05) is 6.92 Å². The number of hydrogen-bond acceptors (Lipinski definition) is 1. The molecule has 0 N–H and O–H groups in total. The van der Waals surface area contributed by atoms with Crippen LogP contribution in [0.4, 0.5) is 13.2 Å². The van der Waals surface area contributed by atoms with Gasteiger partial charge >= 0.3 is 0 Å².